The predicted molar refractivity (Wildman–Crippen MR) is 111 cm³/mol. The van der Waals surface area contributed by atoms with Crippen molar-refractivity contribution in [3.8, 4) is 0 Å². The van der Waals surface area contributed by atoms with Gasteiger partial charge < -0.3 is 10.0 Å². The van der Waals surface area contributed by atoms with Gasteiger partial charge in [0.2, 0.25) is 0 Å². The molecule has 1 saturated heterocycles. The predicted octanol–water partition coefficient (Wildman–Crippen LogP) is 4.04. The van der Waals surface area contributed by atoms with Gasteiger partial charge in [0.05, 0.1) is 21.8 Å². The minimum atomic E-state index is -3.85. The van der Waals surface area contributed by atoms with Gasteiger partial charge in [-0.25, -0.2) is 13.2 Å². The Morgan fingerprint density at radius 3 is 2.57 bits per heavy atom. The molecule has 0 bridgehead atoms. The van der Waals surface area contributed by atoms with Gasteiger partial charge in [-0.05, 0) is 62.4 Å². The van der Waals surface area contributed by atoms with Crippen LogP contribution in [0.1, 0.15) is 41.3 Å². The SMILES string of the molecule is Cc1ccc(S(=O)(=O)Nc2cc(C(=O)O)ccc2N2CCC[C@H](C)C2)c(C)c1. The van der Waals surface area contributed by atoms with E-state index in [4.69, 9.17) is 0 Å². The van der Waals surface area contributed by atoms with Gasteiger partial charge in [0.1, 0.15) is 0 Å². The number of carboxylic acids is 1. The molecule has 28 heavy (non-hydrogen) atoms. The zero-order chi connectivity index (χ0) is 20.5. The van der Waals surface area contributed by atoms with Crippen LogP contribution in [0.4, 0.5) is 11.4 Å². The Labute approximate surface area is 166 Å². The van der Waals surface area contributed by atoms with Crippen LogP contribution in [0, 0.1) is 19.8 Å². The smallest absolute Gasteiger partial charge is 0.335 e. The highest BCUT2D eigenvalue weighted by atomic mass is 32.2. The summed E-state index contributed by atoms with van der Waals surface area (Å²) in [7, 11) is -3.85. The summed E-state index contributed by atoms with van der Waals surface area (Å²) in [6, 6.07) is 9.76. The summed E-state index contributed by atoms with van der Waals surface area (Å²) >= 11 is 0. The van der Waals surface area contributed by atoms with E-state index in [9.17, 15) is 18.3 Å². The molecule has 3 rings (SSSR count). The van der Waals surface area contributed by atoms with Gasteiger partial charge in [0.25, 0.3) is 10.0 Å². The van der Waals surface area contributed by atoms with Crippen molar-refractivity contribution in [3.63, 3.8) is 0 Å². The Hall–Kier alpha value is -2.54. The number of carboxylic acid groups (broad SMARTS) is 1. The van der Waals surface area contributed by atoms with E-state index in [0.29, 0.717) is 22.9 Å². The molecule has 150 valence electrons. The number of hydrogen-bond donors (Lipinski definition) is 2. The average molecular weight is 403 g/mol. The normalized spacial score (nSPS) is 17.4. The maximum absolute atomic E-state index is 13.0. The molecule has 2 N–H and O–H groups in total. The van der Waals surface area contributed by atoms with Gasteiger partial charge in [-0.1, -0.05) is 24.6 Å². The Bertz CT molecular complexity index is 1000. The van der Waals surface area contributed by atoms with E-state index < -0.39 is 16.0 Å². The monoisotopic (exact) mass is 402 g/mol. The lowest BCUT2D eigenvalue weighted by Gasteiger charge is -2.34. The lowest BCUT2D eigenvalue weighted by molar-refractivity contribution is 0.0697. The highest BCUT2D eigenvalue weighted by molar-refractivity contribution is 7.92. The Morgan fingerprint density at radius 1 is 1.18 bits per heavy atom. The van der Waals surface area contributed by atoms with Gasteiger partial charge in [-0.15, -0.1) is 0 Å². The summed E-state index contributed by atoms with van der Waals surface area (Å²) < 4.78 is 28.7. The molecule has 6 nitrogen and oxygen atoms in total. The fourth-order valence-electron chi connectivity index (χ4n) is 3.74. The number of sulfonamides is 1. The number of rotatable bonds is 5. The lowest BCUT2D eigenvalue weighted by Crippen LogP contribution is -2.35. The summed E-state index contributed by atoms with van der Waals surface area (Å²) in [5.74, 6) is -0.595. The lowest BCUT2D eigenvalue weighted by atomic mass is 9.99. The molecule has 0 aromatic heterocycles. The number of anilines is 2. The Kier molecular flexibility index (Phi) is 5.65. The molecule has 0 aliphatic carbocycles. The van der Waals surface area contributed by atoms with E-state index in [0.717, 1.165) is 31.5 Å². The molecular formula is C21H26N2O4S. The second kappa shape index (κ2) is 7.83. The first-order chi connectivity index (χ1) is 13.2. The first-order valence-electron chi connectivity index (χ1n) is 9.40. The number of nitrogens with one attached hydrogen (secondary N) is 1. The molecule has 1 aliphatic heterocycles. The topological polar surface area (TPSA) is 86.7 Å². The van der Waals surface area contributed by atoms with Crippen LogP contribution in [0.5, 0.6) is 0 Å². The first kappa shape index (κ1) is 20.2. The van der Waals surface area contributed by atoms with E-state index in [2.05, 4.69) is 16.5 Å². The third-order valence-corrected chi connectivity index (χ3v) is 6.63. The molecule has 1 aliphatic rings. The van der Waals surface area contributed by atoms with E-state index >= 15 is 0 Å². The molecule has 0 amide bonds. The van der Waals surface area contributed by atoms with Crippen molar-refractivity contribution in [2.45, 2.75) is 38.5 Å². The minimum absolute atomic E-state index is 0.0483. The van der Waals surface area contributed by atoms with Crippen LogP contribution in [0.15, 0.2) is 41.3 Å². The van der Waals surface area contributed by atoms with Crippen molar-refractivity contribution in [1.29, 1.82) is 0 Å². The summed E-state index contributed by atoms with van der Waals surface area (Å²) in [6.07, 6.45) is 2.15. The maximum atomic E-state index is 13.0. The fourth-order valence-corrected chi connectivity index (χ4v) is 5.03. The zero-order valence-corrected chi connectivity index (χ0v) is 17.2. The highest BCUT2D eigenvalue weighted by Gasteiger charge is 2.24. The first-order valence-corrected chi connectivity index (χ1v) is 10.9. The molecule has 1 heterocycles. The summed E-state index contributed by atoms with van der Waals surface area (Å²) in [5.41, 5.74) is 2.69. The molecule has 2 aromatic rings. The van der Waals surface area contributed by atoms with Crippen molar-refractivity contribution in [3.05, 3.63) is 53.1 Å². The summed E-state index contributed by atoms with van der Waals surface area (Å²) in [4.78, 5) is 13.7. The van der Waals surface area contributed by atoms with E-state index in [-0.39, 0.29) is 10.5 Å². The maximum Gasteiger partial charge on any atom is 0.335 e. The van der Waals surface area contributed by atoms with Crippen LogP contribution in [0.25, 0.3) is 0 Å². The van der Waals surface area contributed by atoms with Gasteiger partial charge in [-0.2, -0.15) is 0 Å². The molecule has 0 spiro atoms. The van der Waals surface area contributed by atoms with Gasteiger partial charge >= 0.3 is 5.97 Å². The molecule has 0 saturated carbocycles. The standard InChI is InChI=1S/C21H26N2O4S/c1-14-6-9-20(16(3)11-14)28(26,27)22-18-12-17(21(24)25)7-8-19(18)23-10-4-5-15(2)13-23/h6-9,11-12,15,22H,4-5,10,13H2,1-3H3,(H,24,25)/t15-/m0/s1. The van der Waals surface area contributed by atoms with E-state index in [1.165, 1.54) is 12.1 Å². The van der Waals surface area contributed by atoms with Gasteiger partial charge in [0.15, 0.2) is 0 Å². The summed E-state index contributed by atoms with van der Waals surface area (Å²) in [6.45, 7) is 7.45. The van der Waals surface area contributed by atoms with Crippen LogP contribution >= 0.6 is 0 Å². The van der Waals surface area contributed by atoms with E-state index in [1.54, 1.807) is 25.1 Å². The molecule has 7 heteroatoms. The Balaban J connectivity index is 2.03. The van der Waals surface area contributed by atoms with Crippen LogP contribution in [-0.2, 0) is 10.0 Å². The summed E-state index contributed by atoms with van der Waals surface area (Å²) in [5, 5.41) is 9.35. The second-order valence-electron chi connectivity index (χ2n) is 7.60. The molecular weight excluding hydrogens is 376 g/mol. The van der Waals surface area contributed by atoms with Crippen molar-refractivity contribution in [1.82, 2.24) is 0 Å². The third kappa shape index (κ3) is 4.30. The van der Waals surface area contributed by atoms with Crippen molar-refractivity contribution in [2.75, 3.05) is 22.7 Å². The van der Waals surface area contributed by atoms with E-state index in [1.807, 2.05) is 13.0 Å². The highest BCUT2D eigenvalue weighted by Crippen LogP contribution is 2.33. The van der Waals surface area contributed by atoms with Gasteiger partial charge in [0, 0.05) is 13.1 Å². The number of nitrogens with zero attached hydrogens (tertiary/aromatic N) is 1. The average Bonchev–Trinajstić information content (AvgIpc) is 2.60. The third-order valence-electron chi connectivity index (χ3n) is 5.11. The minimum Gasteiger partial charge on any atom is -0.478 e. The van der Waals surface area contributed by atoms with Crippen LogP contribution in [0.2, 0.25) is 0 Å². The quantitative estimate of drug-likeness (QED) is 0.788. The van der Waals surface area contributed by atoms with Gasteiger partial charge in [-0.3, -0.25) is 4.72 Å². The Morgan fingerprint density at radius 2 is 1.93 bits per heavy atom. The molecule has 1 fully saturated rings. The number of piperidine rings is 1. The number of aromatic carboxylic acids is 1. The molecule has 0 unspecified atom stereocenters. The number of hydrogen-bond acceptors (Lipinski definition) is 4. The van der Waals surface area contributed by atoms with Crippen molar-refractivity contribution < 1.29 is 18.3 Å². The largest absolute Gasteiger partial charge is 0.478 e. The van der Waals surface area contributed by atoms with Crippen molar-refractivity contribution >= 4 is 27.4 Å². The number of carbonyl (C=O) groups is 1. The van der Waals surface area contributed by atoms with Crippen LogP contribution < -0.4 is 9.62 Å². The van der Waals surface area contributed by atoms with Crippen LogP contribution in [-0.4, -0.2) is 32.6 Å². The molecule has 1 atom stereocenters. The number of benzene rings is 2. The van der Waals surface area contributed by atoms with Crippen LogP contribution in [0.3, 0.4) is 0 Å². The van der Waals surface area contributed by atoms with Crippen molar-refractivity contribution in [2.24, 2.45) is 5.92 Å². The molecule has 2 aromatic carbocycles. The fraction of sp³-hybridized carbons (Fsp3) is 0.381. The second-order valence-corrected chi connectivity index (χ2v) is 9.26. The zero-order valence-electron chi connectivity index (χ0n) is 16.4. The molecule has 0 radical (unpaired) electrons. The number of aryl methyl sites for hydroxylation is 2.